The summed E-state index contributed by atoms with van der Waals surface area (Å²) in [6, 6.07) is 7.81. The van der Waals surface area contributed by atoms with Crippen LogP contribution in [-0.2, 0) is 10.9 Å². The average Bonchev–Trinajstić information content (AvgIpc) is 3.17. The van der Waals surface area contributed by atoms with Gasteiger partial charge in [-0.3, -0.25) is 4.57 Å². The van der Waals surface area contributed by atoms with Crippen molar-refractivity contribution in [3.05, 3.63) is 83.3 Å². The Morgan fingerprint density at radius 2 is 1.78 bits per heavy atom. The molecule has 0 saturated heterocycles. The van der Waals surface area contributed by atoms with Crippen LogP contribution in [0.25, 0.3) is 10.9 Å². The number of benzene rings is 2. The van der Waals surface area contributed by atoms with Crippen molar-refractivity contribution in [3.63, 3.8) is 0 Å². The largest absolute Gasteiger partial charge is 0.464 e. The average molecular weight is 505 g/mol. The van der Waals surface area contributed by atoms with E-state index in [1.807, 2.05) is 0 Å². The van der Waals surface area contributed by atoms with E-state index in [2.05, 4.69) is 15.0 Å². The van der Waals surface area contributed by atoms with Gasteiger partial charge in [-0.15, -0.1) is 0 Å². The van der Waals surface area contributed by atoms with Gasteiger partial charge in [0.25, 0.3) is 0 Å². The van der Waals surface area contributed by atoms with Gasteiger partial charge in [0, 0.05) is 29.0 Å². The predicted molar refractivity (Wildman–Crippen MR) is 118 cm³/mol. The molecule has 0 spiro atoms. The molecule has 1 N–H and O–H groups in total. The first-order valence-corrected chi connectivity index (χ1v) is 10.2. The molecular weight excluding hydrogens is 489 g/mol. The van der Waals surface area contributed by atoms with Crippen LogP contribution in [-0.4, -0.2) is 28.7 Å². The molecular formula is C24H16F5N3O4. The Labute approximate surface area is 200 Å². The van der Waals surface area contributed by atoms with Crippen molar-refractivity contribution in [3.8, 4) is 11.5 Å². The molecule has 0 aliphatic carbocycles. The van der Waals surface area contributed by atoms with Crippen LogP contribution in [0.1, 0.15) is 21.7 Å². The summed E-state index contributed by atoms with van der Waals surface area (Å²) in [5.74, 6) is -3.12. The molecule has 0 unspecified atom stereocenters. The zero-order chi connectivity index (χ0) is 26.2. The Morgan fingerprint density at radius 1 is 1.03 bits per heavy atom. The van der Waals surface area contributed by atoms with E-state index in [0.717, 1.165) is 10.6 Å². The van der Waals surface area contributed by atoms with Crippen molar-refractivity contribution in [2.45, 2.75) is 13.1 Å². The summed E-state index contributed by atoms with van der Waals surface area (Å²) in [6.45, 7) is 1.50. The number of nitrogens with zero attached hydrogens (tertiary/aromatic N) is 2. The molecule has 0 bridgehead atoms. The van der Waals surface area contributed by atoms with Crippen molar-refractivity contribution in [1.29, 1.82) is 0 Å². The highest BCUT2D eigenvalue weighted by molar-refractivity contribution is 6.00. The molecule has 2 aromatic carbocycles. The normalized spacial score (nSPS) is 11.4. The van der Waals surface area contributed by atoms with Crippen molar-refractivity contribution in [2.24, 2.45) is 0 Å². The molecule has 36 heavy (non-hydrogen) atoms. The third-order valence-electron chi connectivity index (χ3n) is 5.15. The lowest BCUT2D eigenvalue weighted by Gasteiger charge is -2.13. The number of esters is 1. The van der Waals surface area contributed by atoms with Gasteiger partial charge >= 0.3 is 18.2 Å². The minimum Gasteiger partial charge on any atom is -0.464 e. The van der Waals surface area contributed by atoms with E-state index in [1.54, 1.807) is 0 Å². The molecule has 7 nitrogen and oxygen atoms in total. The Kier molecular flexibility index (Phi) is 6.35. The van der Waals surface area contributed by atoms with Crippen LogP contribution in [0, 0.1) is 18.6 Å². The lowest BCUT2D eigenvalue weighted by atomic mass is 10.2. The number of alkyl halides is 3. The van der Waals surface area contributed by atoms with Gasteiger partial charge in [-0.2, -0.15) is 13.2 Å². The number of aryl methyl sites for hydroxylation is 1. The molecule has 4 rings (SSSR count). The molecule has 2 heterocycles. The van der Waals surface area contributed by atoms with Gasteiger partial charge in [0.05, 0.1) is 18.2 Å². The fourth-order valence-corrected chi connectivity index (χ4v) is 3.52. The number of anilines is 1. The van der Waals surface area contributed by atoms with E-state index < -0.39 is 35.4 Å². The van der Waals surface area contributed by atoms with Crippen molar-refractivity contribution >= 4 is 28.6 Å². The minimum absolute atomic E-state index is 0.00233. The Balaban J connectivity index is 1.65. The maximum Gasteiger partial charge on any atom is 0.419 e. The Morgan fingerprint density at radius 3 is 2.47 bits per heavy atom. The fraction of sp³-hybridized carbons (Fsp3) is 0.125. The van der Waals surface area contributed by atoms with Crippen LogP contribution < -0.4 is 10.1 Å². The number of rotatable bonds is 4. The Bertz CT molecular complexity index is 1500. The number of hydrogen-bond donors (Lipinski definition) is 1. The quantitative estimate of drug-likeness (QED) is 0.260. The van der Waals surface area contributed by atoms with Crippen LogP contribution in [0.2, 0.25) is 0 Å². The van der Waals surface area contributed by atoms with Crippen molar-refractivity contribution < 1.29 is 41.0 Å². The lowest BCUT2D eigenvalue weighted by Crippen LogP contribution is -2.21. The van der Waals surface area contributed by atoms with E-state index in [0.29, 0.717) is 12.1 Å². The number of pyridine rings is 1. The van der Waals surface area contributed by atoms with Gasteiger partial charge in [0.1, 0.15) is 11.6 Å². The number of halogens is 5. The summed E-state index contributed by atoms with van der Waals surface area (Å²) in [5, 5.41) is 2.26. The first kappa shape index (κ1) is 24.6. The van der Waals surface area contributed by atoms with E-state index in [4.69, 9.17) is 4.74 Å². The minimum atomic E-state index is -4.95. The predicted octanol–water partition coefficient (Wildman–Crippen LogP) is 6.30. The molecule has 0 saturated carbocycles. The third kappa shape index (κ3) is 4.69. The van der Waals surface area contributed by atoms with Gasteiger partial charge in [-0.25, -0.2) is 23.4 Å². The first-order valence-electron chi connectivity index (χ1n) is 10.2. The summed E-state index contributed by atoms with van der Waals surface area (Å²) in [6.07, 6.45) is -3.67. The monoisotopic (exact) mass is 505 g/mol. The number of methoxy groups -OCH3 is 1. The van der Waals surface area contributed by atoms with Crippen LogP contribution in [0.3, 0.4) is 0 Å². The van der Waals surface area contributed by atoms with Gasteiger partial charge in [0.15, 0.2) is 17.3 Å². The number of carbonyl (C=O) groups is 2. The molecule has 4 aromatic rings. The lowest BCUT2D eigenvalue weighted by molar-refractivity contribution is -0.139. The number of fused-ring (bicyclic) bond motifs is 1. The number of amides is 1. The van der Waals surface area contributed by atoms with Crippen LogP contribution in [0.4, 0.5) is 32.4 Å². The molecule has 0 atom stereocenters. The Hall–Kier alpha value is -4.48. The zero-order valence-corrected chi connectivity index (χ0v) is 18.6. The van der Waals surface area contributed by atoms with E-state index in [1.165, 1.54) is 50.6 Å². The highest BCUT2D eigenvalue weighted by Crippen LogP contribution is 2.34. The number of aromatic nitrogens is 2. The summed E-state index contributed by atoms with van der Waals surface area (Å²) in [4.78, 5) is 28.3. The number of carbonyl (C=O) groups excluding carboxylic acids is 2. The van der Waals surface area contributed by atoms with Gasteiger partial charge < -0.3 is 14.8 Å². The van der Waals surface area contributed by atoms with Crippen molar-refractivity contribution in [1.82, 2.24) is 9.55 Å². The van der Waals surface area contributed by atoms with Gasteiger partial charge in [-0.05, 0) is 49.4 Å². The molecule has 0 aliphatic rings. The fourth-order valence-electron chi connectivity index (χ4n) is 3.52. The highest BCUT2D eigenvalue weighted by atomic mass is 19.4. The number of ether oxygens (including phenoxy) is 2. The molecule has 0 aliphatic heterocycles. The van der Waals surface area contributed by atoms with Gasteiger partial charge in [-0.1, -0.05) is 0 Å². The van der Waals surface area contributed by atoms with Crippen LogP contribution in [0.15, 0.2) is 54.7 Å². The molecule has 1 amide bonds. The molecule has 12 heteroatoms. The smallest absolute Gasteiger partial charge is 0.419 e. The zero-order valence-electron chi connectivity index (χ0n) is 18.6. The topological polar surface area (TPSA) is 82.5 Å². The van der Waals surface area contributed by atoms with E-state index >= 15 is 4.39 Å². The summed E-state index contributed by atoms with van der Waals surface area (Å²) in [7, 11) is 1.18. The van der Waals surface area contributed by atoms with E-state index in [-0.39, 0.29) is 39.5 Å². The van der Waals surface area contributed by atoms with Crippen LogP contribution in [0.5, 0.6) is 11.5 Å². The molecule has 2 aromatic heterocycles. The highest BCUT2D eigenvalue weighted by Gasteiger charge is 2.34. The second-order valence-corrected chi connectivity index (χ2v) is 7.52. The third-order valence-corrected chi connectivity index (χ3v) is 5.15. The van der Waals surface area contributed by atoms with Crippen LogP contribution >= 0.6 is 0 Å². The van der Waals surface area contributed by atoms with Crippen molar-refractivity contribution in [2.75, 3.05) is 12.4 Å². The standard InChI is InChI=1S/C24H16F5N3O4/c1-12-9-15-19(32(12)23(34)31-13-3-4-17(25)16(10-13)24(27,28)29)5-6-20(21(15)26)36-14-7-8-30-18(11-14)22(33)35-2/h3-11H,1-2H3,(H,31,34). The number of nitrogens with one attached hydrogen (secondary N) is 1. The van der Waals surface area contributed by atoms with E-state index in [9.17, 15) is 27.2 Å². The SMILES string of the molecule is COC(=O)c1cc(Oc2ccc3c(cc(C)n3C(=O)Nc3ccc(F)c(C(F)(F)F)c3)c2F)ccn1. The maximum absolute atomic E-state index is 15.2. The maximum atomic E-state index is 15.2. The number of hydrogen-bond acceptors (Lipinski definition) is 5. The molecule has 186 valence electrons. The molecule has 0 fully saturated rings. The summed E-state index contributed by atoms with van der Waals surface area (Å²) < 4.78 is 79.0. The second-order valence-electron chi connectivity index (χ2n) is 7.52. The summed E-state index contributed by atoms with van der Waals surface area (Å²) in [5.41, 5.74) is -1.50. The second kappa shape index (κ2) is 9.29. The summed E-state index contributed by atoms with van der Waals surface area (Å²) >= 11 is 0. The molecule has 0 radical (unpaired) electrons. The van der Waals surface area contributed by atoms with Gasteiger partial charge in [0.2, 0.25) is 0 Å². The first-order chi connectivity index (χ1) is 17.0.